The molecule has 1 saturated heterocycles. The van der Waals surface area contributed by atoms with Crippen LogP contribution in [0, 0.1) is 0 Å². The third-order valence-corrected chi connectivity index (χ3v) is 8.61. The normalized spacial score (nSPS) is 18.6. The van der Waals surface area contributed by atoms with Crippen molar-refractivity contribution in [2.75, 3.05) is 31.9 Å². The van der Waals surface area contributed by atoms with Gasteiger partial charge in [0.25, 0.3) is 0 Å². The van der Waals surface area contributed by atoms with Crippen LogP contribution in [-0.4, -0.2) is 61.3 Å². The van der Waals surface area contributed by atoms with Crippen LogP contribution in [-0.2, 0) is 21.2 Å². The summed E-state index contributed by atoms with van der Waals surface area (Å²) in [4.78, 5) is 16.9. The number of rotatable bonds is 8. The van der Waals surface area contributed by atoms with Gasteiger partial charge in [-0.1, -0.05) is 42.1 Å². The molecule has 0 radical (unpaired) electrons. The predicted molar refractivity (Wildman–Crippen MR) is 114 cm³/mol. The van der Waals surface area contributed by atoms with Crippen molar-refractivity contribution in [1.82, 2.24) is 9.80 Å². The summed E-state index contributed by atoms with van der Waals surface area (Å²) in [6, 6.07) is 5.28. The van der Waals surface area contributed by atoms with E-state index in [1.807, 2.05) is 6.07 Å². The van der Waals surface area contributed by atoms with Crippen molar-refractivity contribution in [2.24, 2.45) is 0 Å². The van der Waals surface area contributed by atoms with E-state index in [0.29, 0.717) is 36.0 Å². The monoisotopic (exact) mass is 446 g/mol. The average Bonchev–Trinajstić information content (AvgIpc) is 3.35. The molecule has 2 aliphatic rings. The van der Waals surface area contributed by atoms with E-state index in [1.54, 1.807) is 17.0 Å². The number of nitrogens with zero attached hydrogens (tertiary/aromatic N) is 2. The van der Waals surface area contributed by atoms with Crippen LogP contribution < -0.4 is 0 Å². The van der Waals surface area contributed by atoms with E-state index in [4.69, 9.17) is 23.2 Å². The molecule has 28 heavy (non-hydrogen) atoms. The Morgan fingerprint density at radius 2 is 1.75 bits per heavy atom. The molecule has 1 heterocycles. The van der Waals surface area contributed by atoms with Gasteiger partial charge in [-0.15, -0.1) is 0 Å². The Hall–Kier alpha value is -0.820. The minimum Gasteiger partial charge on any atom is -0.336 e. The molecule has 1 saturated carbocycles. The van der Waals surface area contributed by atoms with Crippen molar-refractivity contribution in [1.29, 1.82) is 0 Å². The largest absolute Gasteiger partial charge is 0.336 e. The number of amides is 1. The number of benzene rings is 1. The molecule has 0 atom stereocenters. The maximum Gasteiger partial charge on any atom is 0.238 e. The fourth-order valence-electron chi connectivity index (χ4n) is 4.05. The first-order chi connectivity index (χ1) is 13.3. The van der Waals surface area contributed by atoms with E-state index in [2.05, 4.69) is 4.90 Å². The molecule has 1 amide bonds. The Labute approximate surface area is 177 Å². The number of halogens is 2. The summed E-state index contributed by atoms with van der Waals surface area (Å²) in [5, 5.41) is 0.538. The van der Waals surface area contributed by atoms with Gasteiger partial charge in [0, 0.05) is 19.6 Å². The van der Waals surface area contributed by atoms with Crippen LogP contribution in [0.3, 0.4) is 0 Å². The molecule has 5 nitrogen and oxygen atoms in total. The maximum atomic E-state index is 12.9. The molecule has 1 aliphatic carbocycles. The molecule has 3 rings (SSSR count). The van der Waals surface area contributed by atoms with Crippen LogP contribution in [0.5, 0.6) is 0 Å². The van der Waals surface area contributed by atoms with Crippen LogP contribution in [0.2, 0.25) is 10.0 Å². The van der Waals surface area contributed by atoms with Crippen molar-refractivity contribution >= 4 is 38.9 Å². The Morgan fingerprint density at radius 1 is 1.07 bits per heavy atom. The minimum atomic E-state index is -3.40. The summed E-state index contributed by atoms with van der Waals surface area (Å²) in [5.74, 6) is -0.726. The highest BCUT2D eigenvalue weighted by Crippen LogP contribution is 2.26. The number of hydrogen-bond acceptors (Lipinski definition) is 4. The molecule has 0 aromatic heterocycles. The summed E-state index contributed by atoms with van der Waals surface area (Å²) < 4.78 is 25.3. The van der Waals surface area contributed by atoms with Gasteiger partial charge < -0.3 is 9.80 Å². The summed E-state index contributed by atoms with van der Waals surface area (Å²) >= 11 is 12.1. The number of sulfone groups is 1. The molecular formula is C20H28Cl2N2O3S. The average molecular weight is 447 g/mol. The van der Waals surface area contributed by atoms with Gasteiger partial charge >= 0.3 is 0 Å². The van der Waals surface area contributed by atoms with E-state index in [-0.39, 0.29) is 11.2 Å². The van der Waals surface area contributed by atoms with Crippen molar-refractivity contribution in [2.45, 2.75) is 50.3 Å². The molecule has 0 bridgehead atoms. The smallest absolute Gasteiger partial charge is 0.238 e. The molecule has 0 N–H and O–H groups in total. The van der Waals surface area contributed by atoms with E-state index in [1.165, 1.54) is 12.8 Å². The fraction of sp³-hybridized carbons (Fsp3) is 0.650. The van der Waals surface area contributed by atoms with Crippen molar-refractivity contribution in [3.05, 3.63) is 33.8 Å². The van der Waals surface area contributed by atoms with Gasteiger partial charge in [-0.25, -0.2) is 8.42 Å². The quantitative estimate of drug-likeness (QED) is 0.609. The first-order valence-corrected chi connectivity index (χ1v) is 12.5. The topological polar surface area (TPSA) is 57.7 Å². The third kappa shape index (κ3) is 5.85. The van der Waals surface area contributed by atoms with Gasteiger partial charge in [0.1, 0.15) is 5.75 Å². The van der Waals surface area contributed by atoms with Crippen molar-refractivity contribution in [3.63, 3.8) is 0 Å². The molecular weight excluding hydrogens is 419 g/mol. The van der Waals surface area contributed by atoms with Crippen molar-refractivity contribution in [3.8, 4) is 0 Å². The second-order valence-electron chi connectivity index (χ2n) is 7.83. The van der Waals surface area contributed by atoms with E-state index < -0.39 is 15.6 Å². The second kappa shape index (κ2) is 9.79. The van der Waals surface area contributed by atoms with Crippen LogP contribution in [0.25, 0.3) is 0 Å². The molecule has 1 aromatic rings. The lowest BCUT2D eigenvalue weighted by molar-refractivity contribution is -0.129. The van der Waals surface area contributed by atoms with Gasteiger partial charge in [-0.05, 0) is 56.5 Å². The van der Waals surface area contributed by atoms with E-state index in [9.17, 15) is 13.2 Å². The van der Waals surface area contributed by atoms with Gasteiger partial charge in [-0.2, -0.15) is 0 Å². The first kappa shape index (κ1) is 21.9. The van der Waals surface area contributed by atoms with Crippen LogP contribution in [0.1, 0.15) is 44.1 Å². The zero-order valence-corrected chi connectivity index (χ0v) is 18.4. The molecule has 8 heteroatoms. The van der Waals surface area contributed by atoms with Crippen LogP contribution in [0.4, 0.5) is 0 Å². The number of hydrogen-bond donors (Lipinski definition) is 0. The number of carbonyl (C=O) groups is 1. The van der Waals surface area contributed by atoms with Crippen LogP contribution >= 0.6 is 23.2 Å². The summed E-state index contributed by atoms with van der Waals surface area (Å²) in [6.45, 7) is 3.68. The highest BCUT2D eigenvalue weighted by Gasteiger charge is 2.32. The minimum absolute atomic E-state index is 0.322. The zero-order valence-electron chi connectivity index (χ0n) is 16.1. The van der Waals surface area contributed by atoms with Crippen molar-refractivity contribution < 1.29 is 13.2 Å². The van der Waals surface area contributed by atoms with E-state index in [0.717, 1.165) is 38.0 Å². The van der Waals surface area contributed by atoms with Gasteiger partial charge in [0.05, 0.1) is 15.3 Å². The second-order valence-corrected chi connectivity index (χ2v) is 10.9. The SMILES string of the molecule is O=C(CS(=O)(=O)C1CCCC1)N(CCN1CCCC1)Cc1ccc(Cl)c(Cl)c1. The summed E-state index contributed by atoms with van der Waals surface area (Å²) in [7, 11) is -3.40. The summed E-state index contributed by atoms with van der Waals surface area (Å²) in [5.41, 5.74) is 0.849. The number of likely N-dealkylation sites (tertiary alicyclic amines) is 1. The predicted octanol–water partition coefficient (Wildman–Crippen LogP) is 3.78. The third-order valence-electron chi connectivity index (χ3n) is 5.73. The Kier molecular flexibility index (Phi) is 7.65. The lowest BCUT2D eigenvalue weighted by Crippen LogP contribution is -2.41. The highest BCUT2D eigenvalue weighted by atomic mass is 35.5. The van der Waals surface area contributed by atoms with Gasteiger partial charge in [-0.3, -0.25) is 4.79 Å². The standard InChI is InChI=1S/C20H28Cl2N2O3S/c21-18-8-7-16(13-19(18)22)14-24(12-11-23-9-3-4-10-23)20(25)15-28(26,27)17-5-1-2-6-17/h7-8,13,17H,1-6,9-12,14-15H2. The maximum absolute atomic E-state index is 12.9. The molecule has 156 valence electrons. The molecule has 1 aliphatic heterocycles. The lowest BCUT2D eigenvalue weighted by atomic mass is 10.2. The number of carbonyl (C=O) groups excluding carboxylic acids is 1. The molecule has 0 spiro atoms. The molecule has 1 aromatic carbocycles. The van der Waals surface area contributed by atoms with Crippen LogP contribution in [0.15, 0.2) is 18.2 Å². The first-order valence-electron chi connectivity index (χ1n) is 10.0. The Bertz CT molecular complexity index is 789. The Morgan fingerprint density at radius 3 is 2.39 bits per heavy atom. The summed E-state index contributed by atoms with van der Waals surface area (Å²) in [6.07, 6.45) is 5.57. The molecule has 2 fully saturated rings. The highest BCUT2D eigenvalue weighted by molar-refractivity contribution is 7.92. The van der Waals surface area contributed by atoms with Gasteiger partial charge in [0.15, 0.2) is 9.84 Å². The lowest BCUT2D eigenvalue weighted by Gasteiger charge is -2.26. The zero-order chi connectivity index (χ0) is 20.1. The Balaban J connectivity index is 1.69. The van der Waals surface area contributed by atoms with E-state index >= 15 is 0 Å². The molecule has 0 unspecified atom stereocenters. The fourth-order valence-corrected chi connectivity index (χ4v) is 6.18. The van der Waals surface area contributed by atoms with Gasteiger partial charge in [0.2, 0.25) is 5.91 Å².